The van der Waals surface area contributed by atoms with E-state index < -0.39 is 27.5 Å². The first-order valence-electron chi connectivity index (χ1n) is 10.3. The van der Waals surface area contributed by atoms with Crippen LogP contribution in [0.5, 0.6) is 5.75 Å². The summed E-state index contributed by atoms with van der Waals surface area (Å²) in [7, 11) is -4.16. The number of ether oxygens (including phenoxy) is 1. The Kier molecular flexibility index (Phi) is 8.28. The Balaban J connectivity index is 1.56. The summed E-state index contributed by atoms with van der Waals surface area (Å²) >= 11 is 5.97. The molecule has 0 aromatic heterocycles. The number of nitrogens with zero attached hydrogens (tertiary/aromatic N) is 2. The minimum absolute atomic E-state index is 0.0119. The van der Waals surface area contributed by atoms with Crippen molar-refractivity contribution in [2.45, 2.75) is 25.9 Å². The van der Waals surface area contributed by atoms with Crippen LogP contribution in [0.3, 0.4) is 0 Å². The van der Waals surface area contributed by atoms with Gasteiger partial charge in [0.15, 0.2) is 18.2 Å². The first-order chi connectivity index (χ1) is 15.5. The monoisotopic (exact) mass is 502 g/mol. The Labute approximate surface area is 196 Å². The maximum Gasteiger partial charge on any atom is 0.265 e. The third kappa shape index (κ3) is 7.36. The third-order valence-corrected chi connectivity index (χ3v) is 6.38. The van der Waals surface area contributed by atoms with E-state index in [0.29, 0.717) is 48.1 Å². The minimum Gasteiger partial charge on any atom is -0.483 e. The van der Waals surface area contributed by atoms with Gasteiger partial charge < -0.3 is 9.64 Å². The maximum atomic E-state index is 13.5. The SMILES string of the molecule is CC1CN(Cc2ccc(F)c(F)c2)CCN1C(=O)COc1ccc(Cl)cc1CCS(=O)(=O)O. The van der Waals surface area contributed by atoms with Crippen LogP contribution in [-0.4, -0.2) is 66.7 Å². The van der Waals surface area contributed by atoms with Crippen LogP contribution in [-0.2, 0) is 27.9 Å². The van der Waals surface area contributed by atoms with Gasteiger partial charge in [-0.2, -0.15) is 8.42 Å². The number of carbonyl (C=O) groups excluding carboxylic acids is 1. The molecule has 3 rings (SSSR count). The molecule has 1 saturated heterocycles. The molecule has 1 unspecified atom stereocenters. The number of piperazine rings is 1. The van der Waals surface area contributed by atoms with E-state index in [0.717, 1.165) is 6.07 Å². The molecule has 33 heavy (non-hydrogen) atoms. The van der Waals surface area contributed by atoms with Crippen molar-refractivity contribution in [2.75, 3.05) is 32.0 Å². The Morgan fingerprint density at radius 3 is 2.61 bits per heavy atom. The molecule has 1 heterocycles. The molecule has 0 aliphatic carbocycles. The van der Waals surface area contributed by atoms with Gasteiger partial charge in [0.25, 0.3) is 16.0 Å². The van der Waals surface area contributed by atoms with E-state index in [1.165, 1.54) is 12.1 Å². The molecule has 7 nitrogen and oxygen atoms in total. The summed E-state index contributed by atoms with van der Waals surface area (Å²) in [6.45, 7) is 3.68. The first-order valence-corrected chi connectivity index (χ1v) is 12.3. The highest BCUT2D eigenvalue weighted by atomic mass is 35.5. The van der Waals surface area contributed by atoms with Crippen molar-refractivity contribution in [1.82, 2.24) is 9.80 Å². The van der Waals surface area contributed by atoms with E-state index in [4.69, 9.17) is 20.9 Å². The smallest absolute Gasteiger partial charge is 0.265 e. The number of hydrogen-bond donors (Lipinski definition) is 1. The molecule has 1 aliphatic rings. The van der Waals surface area contributed by atoms with Crippen LogP contribution in [0, 0.1) is 11.6 Å². The fourth-order valence-electron chi connectivity index (χ4n) is 3.79. The summed E-state index contributed by atoms with van der Waals surface area (Å²) in [5, 5.41) is 0.379. The highest BCUT2D eigenvalue weighted by Crippen LogP contribution is 2.24. The average Bonchev–Trinajstić information content (AvgIpc) is 2.73. The minimum atomic E-state index is -4.16. The van der Waals surface area contributed by atoms with Gasteiger partial charge in [0.05, 0.1) is 5.75 Å². The van der Waals surface area contributed by atoms with Crippen molar-refractivity contribution in [3.8, 4) is 5.75 Å². The van der Waals surface area contributed by atoms with Gasteiger partial charge in [0.1, 0.15) is 5.75 Å². The van der Waals surface area contributed by atoms with Crippen LogP contribution in [0.4, 0.5) is 8.78 Å². The van der Waals surface area contributed by atoms with Crippen molar-refractivity contribution >= 4 is 27.6 Å². The van der Waals surface area contributed by atoms with Gasteiger partial charge in [-0.1, -0.05) is 17.7 Å². The van der Waals surface area contributed by atoms with Gasteiger partial charge >= 0.3 is 0 Å². The fourth-order valence-corrected chi connectivity index (χ4v) is 4.46. The van der Waals surface area contributed by atoms with E-state index in [2.05, 4.69) is 4.90 Å². The molecule has 0 bridgehead atoms. The fraction of sp³-hybridized carbons (Fsp3) is 0.409. The lowest BCUT2D eigenvalue weighted by Crippen LogP contribution is -2.54. The molecule has 0 saturated carbocycles. The number of rotatable bonds is 8. The van der Waals surface area contributed by atoms with Crippen molar-refractivity contribution in [1.29, 1.82) is 0 Å². The third-order valence-electron chi connectivity index (χ3n) is 5.43. The van der Waals surface area contributed by atoms with Crippen molar-refractivity contribution in [2.24, 2.45) is 0 Å². The predicted molar refractivity (Wildman–Crippen MR) is 120 cm³/mol. The Morgan fingerprint density at radius 1 is 1.18 bits per heavy atom. The Morgan fingerprint density at radius 2 is 1.94 bits per heavy atom. The van der Waals surface area contributed by atoms with Crippen molar-refractivity contribution < 1.29 is 31.3 Å². The first kappa shape index (κ1) is 25.4. The lowest BCUT2D eigenvalue weighted by Gasteiger charge is -2.39. The second-order valence-corrected chi connectivity index (χ2v) is 10.0. The molecule has 1 amide bonds. The normalized spacial score (nSPS) is 17.2. The predicted octanol–water partition coefficient (Wildman–Crippen LogP) is 3.16. The van der Waals surface area contributed by atoms with E-state index in [1.54, 1.807) is 23.1 Å². The van der Waals surface area contributed by atoms with E-state index >= 15 is 0 Å². The number of carbonyl (C=O) groups is 1. The lowest BCUT2D eigenvalue weighted by molar-refractivity contribution is -0.138. The Bertz CT molecular complexity index is 1120. The molecule has 11 heteroatoms. The molecule has 1 aliphatic heterocycles. The summed E-state index contributed by atoms with van der Waals surface area (Å²) in [6, 6.07) is 8.36. The van der Waals surface area contributed by atoms with Crippen LogP contribution in [0.15, 0.2) is 36.4 Å². The molecule has 2 aromatic rings. The van der Waals surface area contributed by atoms with Gasteiger partial charge in [-0.15, -0.1) is 0 Å². The summed E-state index contributed by atoms with van der Waals surface area (Å²) in [5.74, 6) is -2.17. The zero-order valence-electron chi connectivity index (χ0n) is 18.0. The topological polar surface area (TPSA) is 87.2 Å². The maximum absolute atomic E-state index is 13.5. The summed E-state index contributed by atoms with van der Waals surface area (Å²) in [4.78, 5) is 16.5. The lowest BCUT2D eigenvalue weighted by atomic mass is 10.1. The van der Waals surface area contributed by atoms with Gasteiger partial charge in [-0.05, 0) is 54.8 Å². The molecular formula is C22H25ClF2N2O5S. The molecule has 180 valence electrons. The van der Waals surface area contributed by atoms with Gasteiger partial charge in [-0.3, -0.25) is 14.2 Å². The number of halogens is 3. The van der Waals surface area contributed by atoms with Crippen LogP contribution in [0.2, 0.25) is 5.02 Å². The molecule has 2 aromatic carbocycles. The van der Waals surface area contributed by atoms with Gasteiger partial charge in [0.2, 0.25) is 0 Å². The number of amides is 1. The van der Waals surface area contributed by atoms with E-state index in [1.807, 2.05) is 6.92 Å². The molecule has 1 N–H and O–H groups in total. The van der Waals surface area contributed by atoms with Gasteiger partial charge in [0, 0.05) is 37.2 Å². The van der Waals surface area contributed by atoms with Crippen LogP contribution in [0.25, 0.3) is 0 Å². The number of hydrogen-bond acceptors (Lipinski definition) is 5. The highest BCUT2D eigenvalue weighted by molar-refractivity contribution is 7.85. The van der Waals surface area contributed by atoms with Gasteiger partial charge in [-0.25, -0.2) is 8.78 Å². The quantitative estimate of drug-likeness (QED) is 0.558. The van der Waals surface area contributed by atoms with E-state index in [9.17, 15) is 22.0 Å². The highest BCUT2D eigenvalue weighted by Gasteiger charge is 2.28. The summed E-state index contributed by atoms with van der Waals surface area (Å²) < 4.78 is 63.4. The summed E-state index contributed by atoms with van der Waals surface area (Å²) in [5.41, 5.74) is 1.13. The van der Waals surface area contributed by atoms with Crippen molar-refractivity contribution in [3.63, 3.8) is 0 Å². The number of benzene rings is 2. The van der Waals surface area contributed by atoms with Crippen molar-refractivity contribution in [3.05, 3.63) is 64.2 Å². The molecule has 0 spiro atoms. The molecule has 0 radical (unpaired) electrons. The standard InChI is InChI=1S/C22H25ClF2N2O5S/c1-15-12-26(13-16-2-4-19(24)20(25)10-16)7-8-27(15)22(28)14-32-21-5-3-18(23)11-17(21)6-9-33(29,30)31/h2-5,10-11,15H,6-9,12-14H2,1H3,(H,29,30,31). The zero-order valence-corrected chi connectivity index (χ0v) is 19.6. The summed E-state index contributed by atoms with van der Waals surface area (Å²) in [6.07, 6.45) is -0.0119. The largest absolute Gasteiger partial charge is 0.483 e. The second kappa shape index (κ2) is 10.8. The molecular weight excluding hydrogens is 478 g/mol. The van der Waals surface area contributed by atoms with Crippen LogP contribution >= 0.6 is 11.6 Å². The Hall–Kier alpha value is -2.27. The molecule has 1 atom stereocenters. The number of aryl methyl sites for hydroxylation is 1. The van der Waals surface area contributed by atoms with Crippen LogP contribution in [0.1, 0.15) is 18.1 Å². The second-order valence-electron chi connectivity index (χ2n) is 8.00. The molecule has 1 fully saturated rings. The van der Waals surface area contributed by atoms with E-state index in [-0.39, 0.29) is 25.0 Å². The average molecular weight is 503 g/mol. The zero-order chi connectivity index (χ0) is 24.2. The van der Waals surface area contributed by atoms with Crippen LogP contribution < -0.4 is 4.74 Å².